The van der Waals surface area contributed by atoms with Crippen molar-refractivity contribution in [1.82, 2.24) is 0 Å². The Balaban J connectivity index is 2.41. The van der Waals surface area contributed by atoms with E-state index in [2.05, 4.69) is 11.6 Å². The molecule has 1 aromatic carbocycles. The van der Waals surface area contributed by atoms with E-state index in [0.717, 1.165) is 17.8 Å². The highest BCUT2D eigenvalue weighted by molar-refractivity contribution is 6.25. The minimum absolute atomic E-state index is 0.514. The summed E-state index contributed by atoms with van der Waals surface area (Å²) in [5, 5.41) is 0. The maximum Gasteiger partial charge on any atom is 0.416 e. The maximum absolute atomic E-state index is 12.8. The lowest BCUT2D eigenvalue weighted by Gasteiger charge is -2.14. The number of allylic oxidation sites excluding steroid dienone is 6. The fourth-order valence-corrected chi connectivity index (χ4v) is 1.99. The summed E-state index contributed by atoms with van der Waals surface area (Å²) in [6.07, 6.45) is 6.61. The number of rotatable bonds is 3. The minimum atomic E-state index is -4.35. The van der Waals surface area contributed by atoms with Crippen LogP contribution in [0, 0.1) is 0 Å². The SMILES string of the molecule is C=C/C=C\N=C1/CC=CC=C1c1cccc(C(F)(F)F)c1. The average molecular weight is 289 g/mol. The summed E-state index contributed by atoms with van der Waals surface area (Å²) in [4.78, 5) is 4.29. The van der Waals surface area contributed by atoms with Gasteiger partial charge in [-0.2, -0.15) is 13.2 Å². The predicted octanol–water partition coefficient (Wildman–Crippen LogP) is 5.19. The molecule has 0 saturated heterocycles. The van der Waals surface area contributed by atoms with Crippen LogP contribution in [-0.4, -0.2) is 5.71 Å². The molecular weight excluding hydrogens is 275 g/mol. The van der Waals surface area contributed by atoms with Crippen LogP contribution in [0.5, 0.6) is 0 Å². The molecule has 0 bridgehead atoms. The Hall–Kier alpha value is -2.36. The van der Waals surface area contributed by atoms with Gasteiger partial charge in [-0.1, -0.05) is 43.0 Å². The number of alkyl halides is 3. The standard InChI is InChI=1S/C17H14F3N/c1-2-3-11-21-16-10-5-4-9-15(16)13-7-6-8-14(12-13)17(18,19)20/h2-9,11-12H,1,10H2/b11-3-,21-16+. The molecule has 21 heavy (non-hydrogen) atoms. The van der Waals surface area contributed by atoms with Gasteiger partial charge in [0.2, 0.25) is 0 Å². The molecule has 4 heteroatoms. The minimum Gasteiger partial charge on any atom is -0.260 e. The molecular formula is C17H14F3N. The molecule has 108 valence electrons. The van der Waals surface area contributed by atoms with Crippen molar-refractivity contribution in [1.29, 1.82) is 0 Å². The second-order valence-electron chi connectivity index (χ2n) is 4.44. The Labute approximate surface area is 121 Å². The number of halogens is 3. The van der Waals surface area contributed by atoms with E-state index in [0.29, 0.717) is 17.6 Å². The molecule has 0 aliphatic heterocycles. The topological polar surface area (TPSA) is 12.4 Å². The first-order chi connectivity index (χ1) is 10.0. The number of nitrogens with zero attached hydrogens (tertiary/aromatic N) is 1. The number of hydrogen-bond acceptors (Lipinski definition) is 1. The Morgan fingerprint density at radius 2 is 2.05 bits per heavy atom. The molecule has 0 radical (unpaired) electrons. The van der Waals surface area contributed by atoms with Gasteiger partial charge in [-0.3, -0.25) is 4.99 Å². The quantitative estimate of drug-likeness (QED) is 0.679. The summed E-state index contributed by atoms with van der Waals surface area (Å²) >= 11 is 0. The van der Waals surface area contributed by atoms with Crippen molar-refractivity contribution in [2.45, 2.75) is 12.6 Å². The zero-order valence-electron chi connectivity index (χ0n) is 11.3. The Morgan fingerprint density at radius 3 is 2.76 bits per heavy atom. The molecule has 0 atom stereocenters. The summed E-state index contributed by atoms with van der Waals surface area (Å²) in [5.41, 5.74) is 1.30. The molecule has 0 unspecified atom stereocenters. The third kappa shape index (κ3) is 3.81. The number of aliphatic imine (C=N–C) groups is 1. The lowest BCUT2D eigenvalue weighted by molar-refractivity contribution is -0.137. The van der Waals surface area contributed by atoms with E-state index in [1.165, 1.54) is 6.07 Å². The molecule has 0 heterocycles. The molecule has 1 nitrogen and oxygen atoms in total. The van der Waals surface area contributed by atoms with Crippen molar-refractivity contribution in [3.63, 3.8) is 0 Å². The first-order valence-corrected chi connectivity index (χ1v) is 6.41. The first-order valence-electron chi connectivity index (χ1n) is 6.41. The normalized spacial score (nSPS) is 17.3. The zero-order chi connectivity index (χ0) is 15.3. The van der Waals surface area contributed by atoms with Gasteiger partial charge in [0.15, 0.2) is 0 Å². The van der Waals surface area contributed by atoms with Crippen molar-refractivity contribution in [2.24, 2.45) is 4.99 Å². The van der Waals surface area contributed by atoms with Crippen LogP contribution in [0.25, 0.3) is 5.57 Å². The van der Waals surface area contributed by atoms with E-state index in [4.69, 9.17) is 0 Å². The van der Waals surface area contributed by atoms with Crippen LogP contribution in [-0.2, 0) is 6.18 Å². The molecule has 0 aromatic heterocycles. The van der Waals surface area contributed by atoms with Gasteiger partial charge in [-0.05, 0) is 23.8 Å². The lowest BCUT2D eigenvalue weighted by atomic mass is 9.94. The zero-order valence-corrected chi connectivity index (χ0v) is 11.3. The molecule has 0 saturated carbocycles. The van der Waals surface area contributed by atoms with Gasteiger partial charge < -0.3 is 0 Å². The third-order valence-corrected chi connectivity index (χ3v) is 2.97. The van der Waals surface area contributed by atoms with Crippen LogP contribution in [0.4, 0.5) is 13.2 Å². The summed E-state index contributed by atoms with van der Waals surface area (Å²) in [7, 11) is 0. The smallest absolute Gasteiger partial charge is 0.260 e. The van der Waals surface area contributed by atoms with Crippen LogP contribution in [0.2, 0.25) is 0 Å². The second kappa shape index (κ2) is 6.39. The summed E-state index contributed by atoms with van der Waals surface area (Å²) < 4.78 is 38.4. The van der Waals surface area contributed by atoms with Crippen LogP contribution < -0.4 is 0 Å². The molecule has 1 aromatic rings. The van der Waals surface area contributed by atoms with Gasteiger partial charge in [-0.25, -0.2) is 0 Å². The van der Waals surface area contributed by atoms with Crippen LogP contribution in [0.1, 0.15) is 17.5 Å². The average Bonchev–Trinajstić information content (AvgIpc) is 2.47. The highest BCUT2D eigenvalue weighted by atomic mass is 19.4. The van der Waals surface area contributed by atoms with Crippen molar-refractivity contribution >= 4 is 11.3 Å². The first kappa shape index (κ1) is 15.0. The van der Waals surface area contributed by atoms with Gasteiger partial charge >= 0.3 is 6.18 Å². The van der Waals surface area contributed by atoms with E-state index >= 15 is 0 Å². The molecule has 0 amide bonds. The van der Waals surface area contributed by atoms with E-state index < -0.39 is 11.7 Å². The molecule has 0 N–H and O–H groups in total. The molecule has 0 fully saturated rings. The number of hydrogen-bond donors (Lipinski definition) is 0. The highest BCUT2D eigenvalue weighted by Gasteiger charge is 2.30. The summed E-state index contributed by atoms with van der Waals surface area (Å²) in [6.45, 7) is 3.55. The van der Waals surface area contributed by atoms with E-state index in [-0.39, 0.29) is 0 Å². The largest absolute Gasteiger partial charge is 0.416 e. The monoisotopic (exact) mass is 289 g/mol. The van der Waals surface area contributed by atoms with Crippen LogP contribution >= 0.6 is 0 Å². The Morgan fingerprint density at radius 1 is 1.24 bits per heavy atom. The van der Waals surface area contributed by atoms with Crippen molar-refractivity contribution in [3.8, 4) is 0 Å². The summed E-state index contributed by atoms with van der Waals surface area (Å²) in [6, 6.07) is 5.29. The van der Waals surface area contributed by atoms with Gasteiger partial charge in [0.1, 0.15) is 0 Å². The maximum atomic E-state index is 12.8. The van der Waals surface area contributed by atoms with Gasteiger partial charge in [-0.15, -0.1) is 0 Å². The molecule has 1 aliphatic carbocycles. The molecule has 0 spiro atoms. The highest BCUT2D eigenvalue weighted by Crippen LogP contribution is 2.32. The van der Waals surface area contributed by atoms with E-state index in [9.17, 15) is 13.2 Å². The van der Waals surface area contributed by atoms with Crippen molar-refractivity contribution < 1.29 is 13.2 Å². The van der Waals surface area contributed by atoms with Gasteiger partial charge in [0.25, 0.3) is 0 Å². The molecule has 2 rings (SSSR count). The Kier molecular flexibility index (Phi) is 4.58. The number of benzene rings is 1. The summed E-state index contributed by atoms with van der Waals surface area (Å²) in [5.74, 6) is 0. The molecule has 1 aliphatic rings. The second-order valence-corrected chi connectivity index (χ2v) is 4.44. The predicted molar refractivity (Wildman–Crippen MR) is 80.0 cm³/mol. The Bertz CT molecular complexity index is 646. The lowest BCUT2D eigenvalue weighted by Crippen LogP contribution is -2.08. The van der Waals surface area contributed by atoms with Crippen molar-refractivity contribution in [2.75, 3.05) is 0 Å². The van der Waals surface area contributed by atoms with Crippen molar-refractivity contribution in [3.05, 3.63) is 78.6 Å². The fourth-order valence-electron chi connectivity index (χ4n) is 1.99. The van der Waals surface area contributed by atoms with Gasteiger partial charge in [0, 0.05) is 18.2 Å². The van der Waals surface area contributed by atoms with Crippen LogP contribution in [0.3, 0.4) is 0 Å². The fraction of sp³-hybridized carbons (Fsp3) is 0.118. The third-order valence-electron chi connectivity index (χ3n) is 2.97. The van der Waals surface area contributed by atoms with E-state index in [1.807, 2.05) is 12.2 Å². The van der Waals surface area contributed by atoms with Gasteiger partial charge in [0.05, 0.1) is 11.3 Å². The van der Waals surface area contributed by atoms with E-state index in [1.54, 1.807) is 30.5 Å². The van der Waals surface area contributed by atoms with Crippen LogP contribution in [0.15, 0.2) is 72.4 Å².